The molecule has 178 valence electrons. The highest BCUT2D eigenvalue weighted by molar-refractivity contribution is 6.30. The van der Waals surface area contributed by atoms with Crippen molar-refractivity contribution in [1.82, 2.24) is 15.1 Å². The lowest BCUT2D eigenvalue weighted by Crippen LogP contribution is -2.32. The molecule has 1 aliphatic carbocycles. The third-order valence-electron chi connectivity index (χ3n) is 5.53. The molecule has 3 aromatic rings. The molecule has 1 aromatic heterocycles. The predicted molar refractivity (Wildman–Crippen MR) is 126 cm³/mol. The van der Waals surface area contributed by atoms with Crippen LogP contribution in [-0.2, 0) is 11.3 Å². The summed E-state index contributed by atoms with van der Waals surface area (Å²) in [6, 6.07) is 12.4. The van der Waals surface area contributed by atoms with Crippen molar-refractivity contribution in [2.45, 2.75) is 45.2 Å². The van der Waals surface area contributed by atoms with Crippen LogP contribution in [0.25, 0.3) is 11.5 Å². The zero-order valence-corrected chi connectivity index (χ0v) is 19.9. The third-order valence-corrected chi connectivity index (χ3v) is 5.79. The average Bonchev–Trinajstić information content (AvgIpc) is 3.57. The number of nitrogens with zero attached hydrogens (tertiary/aromatic N) is 3. The Balaban J connectivity index is 1.30. The van der Waals surface area contributed by atoms with E-state index in [1.807, 2.05) is 12.1 Å². The number of carbonyl (C=O) groups excluding carboxylic acids is 2. The molecule has 4 rings (SSSR count). The molecular weight excluding hydrogens is 458 g/mol. The Bertz CT molecular complexity index is 1160. The van der Waals surface area contributed by atoms with Gasteiger partial charge in [0, 0.05) is 28.6 Å². The first-order valence-corrected chi connectivity index (χ1v) is 11.5. The van der Waals surface area contributed by atoms with Crippen molar-refractivity contribution in [2.24, 2.45) is 0 Å². The smallest absolute Gasteiger partial charge is 0.247 e. The van der Waals surface area contributed by atoms with Crippen LogP contribution in [0.15, 0.2) is 46.9 Å². The minimum atomic E-state index is -0.0443. The van der Waals surface area contributed by atoms with Gasteiger partial charge < -0.3 is 18.8 Å². The molecule has 0 unspecified atom stereocenters. The molecule has 1 aliphatic rings. The minimum Gasteiger partial charge on any atom is -0.493 e. The molecule has 2 aromatic carbocycles. The average molecular weight is 484 g/mol. The number of hydrogen-bond acceptors (Lipinski definition) is 7. The van der Waals surface area contributed by atoms with Crippen molar-refractivity contribution < 1.29 is 23.5 Å². The molecule has 1 heterocycles. The van der Waals surface area contributed by atoms with Gasteiger partial charge in [-0.2, -0.15) is 0 Å². The lowest BCUT2D eigenvalue weighted by atomic mass is 10.1. The number of ether oxygens (including phenoxy) is 2. The first-order chi connectivity index (χ1) is 16.4. The van der Waals surface area contributed by atoms with Gasteiger partial charge in [-0.1, -0.05) is 11.6 Å². The zero-order chi connectivity index (χ0) is 24.1. The molecule has 8 nitrogen and oxygen atoms in total. The number of halogens is 1. The van der Waals surface area contributed by atoms with Crippen LogP contribution in [0.3, 0.4) is 0 Å². The lowest BCUT2D eigenvalue weighted by molar-refractivity contribution is -0.133. The number of benzene rings is 2. The van der Waals surface area contributed by atoms with Crippen LogP contribution in [0.2, 0.25) is 5.02 Å². The topological polar surface area (TPSA) is 94.8 Å². The molecule has 0 bridgehead atoms. The van der Waals surface area contributed by atoms with Crippen LogP contribution in [0, 0.1) is 0 Å². The zero-order valence-electron chi connectivity index (χ0n) is 19.1. The summed E-state index contributed by atoms with van der Waals surface area (Å²) in [6.45, 7) is 2.13. The molecule has 1 amide bonds. The molecular formula is C25H26ClN3O5. The van der Waals surface area contributed by atoms with Gasteiger partial charge in [0.15, 0.2) is 17.3 Å². The van der Waals surface area contributed by atoms with Gasteiger partial charge in [-0.05, 0) is 68.7 Å². The van der Waals surface area contributed by atoms with E-state index in [4.69, 9.17) is 25.5 Å². The van der Waals surface area contributed by atoms with Crippen LogP contribution >= 0.6 is 11.6 Å². The van der Waals surface area contributed by atoms with Crippen molar-refractivity contribution >= 4 is 23.3 Å². The Morgan fingerprint density at radius 1 is 1.12 bits per heavy atom. The number of hydrogen-bond donors (Lipinski definition) is 0. The van der Waals surface area contributed by atoms with Gasteiger partial charge in [0.05, 0.1) is 20.3 Å². The number of ketones is 1. The minimum absolute atomic E-state index is 0.0243. The fraction of sp³-hybridized carbons (Fsp3) is 0.360. The number of methoxy groups -OCH3 is 1. The van der Waals surface area contributed by atoms with E-state index in [1.54, 1.807) is 35.2 Å². The van der Waals surface area contributed by atoms with Crippen molar-refractivity contribution in [3.05, 3.63) is 58.9 Å². The molecule has 0 saturated heterocycles. The molecule has 1 fully saturated rings. The molecule has 0 atom stereocenters. The molecule has 1 saturated carbocycles. The maximum Gasteiger partial charge on any atom is 0.247 e. The molecule has 0 N–H and O–H groups in total. The first kappa shape index (κ1) is 23.8. The monoisotopic (exact) mass is 483 g/mol. The van der Waals surface area contributed by atoms with Gasteiger partial charge in [0.2, 0.25) is 17.7 Å². The van der Waals surface area contributed by atoms with E-state index in [0.717, 1.165) is 18.4 Å². The van der Waals surface area contributed by atoms with E-state index in [1.165, 1.54) is 14.0 Å². The van der Waals surface area contributed by atoms with Crippen molar-refractivity contribution in [2.75, 3.05) is 13.7 Å². The van der Waals surface area contributed by atoms with Crippen molar-refractivity contribution in [1.29, 1.82) is 0 Å². The van der Waals surface area contributed by atoms with E-state index in [-0.39, 0.29) is 24.3 Å². The SMILES string of the molecule is COc1cc(C(C)=O)ccc1OCCCC(=O)N(Cc1nnc(-c2ccc(Cl)cc2)o1)C1CC1. The normalized spacial score (nSPS) is 12.9. The summed E-state index contributed by atoms with van der Waals surface area (Å²) in [7, 11) is 1.53. The van der Waals surface area contributed by atoms with Crippen molar-refractivity contribution in [3.63, 3.8) is 0 Å². The standard InChI is InChI=1S/C25H26ClN3O5/c1-16(30)18-7-12-21(22(14-18)32-2)33-13-3-4-24(31)29(20-10-11-20)15-23-27-28-25(34-23)17-5-8-19(26)9-6-17/h5-9,12,14,20H,3-4,10-11,13,15H2,1-2H3. The largest absolute Gasteiger partial charge is 0.493 e. The third kappa shape index (κ3) is 5.94. The number of Topliss-reactive ketones (excluding diaryl/α,β-unsaturated/α-hetero) is 1. The Morgan fingerprint density at radius 2 is 1.88 bits per heavy atom. The van der Waals surface area contributed by atoms with Crippen LogP contribution in [-0.4, -0.2) is 46.5 Å². The predicted octanol–water partition coefficient (Wildman–Crippen LogP) is 4.95. The van der Waals surface area contributed by atoms with E-state index >= 15 is 0 Å². The molecule has 0 radical (unpaired) electrons. The summed E-state index contributed by atoms with van der Waals surface area (Å²) < 4.78 is 16.9. The van der Waals surface area contributed by atoms with E-state index < -0.39 is 0 Å². The van der Waals surface area contributed by atoms with Crippen LogP contribution < -0.4 is 9.47 Å². The molecule has 0 spiro atoms. The molecule has 9 heteroatoms. The Kier molecular flexibility index (Phi) is 7.47. The second-order valence-electron chi connectivity index (χ2n) is 8.13. The summed E-state index contributed by atoms with van der Waals surface area (Å²) in [5, 5.41) is 8.84. The number of carbonyl (C=O) groups is 2. The summed E-state index contributed by atoms with van der Waals surface area (Å²) in [4.78, 5) is 26.3. The highest BCUT2D eigenvalue weighted by Crippen LogP contribution is 2.31. The van der Waals surface area contributed by atoms with Gasteiger partial charge in [0.1, 0.15) is 0 Å². The van der Waals surface area contributed by atoms with Gasteiger partial charge in [0.25, 0.3) is 0 Å². The fourth-order valence-electron chi connectivity index (χ4n) is 3.53. The Morgan fingerprint density at radius 3 is 2.56 bits per heavy atom. The quantitative estimate of drug-likeness (QED) is 0.281. The summed E-state index contributed by atoms with van der Waals surface area (Å²) >= 11 is 5.93. The van der Waals surface area contributed by atoms with Crippen LogP contribution in [0.5, 0.6) is 11.5 Å². The Labute approximate surface area is 202 Å². The maximum absolute atomic E-state index is 12.9. The van der Waals surface area contributed by atoms with Gasteiger partial charge in [-0.25, -0.2) is 0 Å². The second-order valence-corrected chi connectivity index (χ2v) is 8.57. The second kappa shape index (κ2) is 10.7. The lowest BCUT2D eigenvalue weighted by Gasteiger charge is -2.20. The van der Waals surface area contributed by atoms with Crippen LogP contribution in [0.4, 0.5) is 0 Å². The van der Waals surface area contributed by atoms with E-state index in [0.29, 0.717) is 53.3 Å². The van der Waals surface area contributed by atoms with Gasteiger partial charge >= 0.3 is 0 Å². The van der Waals surface area contributed by atoms with Crippen molar-refractivity contribution in [3.8, 4) is 23.0 Å². The highest BCUT2D eigenvalue weighted by atomic mass is 35.5. The number of aromatic nitrogens is 2. The van der Waals surface area contributed by atoms with Gasteiger partial charge in [-0.15, -0.1) is 10.2 Å². The number of amides is 1. The Hall–Kier alpha value is -3.39. The maximum atomic E-state index is 12.9. The van der Waals surface area contributed by atoms with Gasteiger partial charge in [-0.3, -0.25) is 9.59 Å². The van der Waals surface area contributed by atoms with Crippen LogP contribution in [0.1, 0.15) is 48.9 Å². The van der Waals surface area contributed by atoms with E-state index in [9.17, 15) is 9.59 Å². The molecule has 0 aliphatic heterocycles. The highest BCUT2D eigenvalue weighted by Gasteiger charge is 2.33. The summed E-state index contributed by atoms with van der Waals surface area (Å²) in [6.07, 6.45) is 2.82. The van der Waals surface area contributed by atoms with E-state index in [2.05, 4.69) is 10.2 Å². The molecule has 34 heavy (non-hydrogen) atoms. The number of rotatable bonds is 11. The summed E-state index contributed by atoms with van der Waals surface area (Å²) in [5.74, 6) is 1.81. The fourth-order valence-corrected chi connectivity index (χ4v) is 3.66. The first-order valence-electron chi connectivity index (χ1n) is 11.1. The summed E-state index contributed by atoms with van der Waals surface area (Å²) in [5.41, 5.74) is 1.33.